The molecule has 2 aromatic carbocycles. The molecule has 134 valence electrons. The lowest BCUT2D eigenvalue weighted by atomic mass is 10.2. The number of nitrogens with zero attached hydrogens (tertiary/aromatic N) is 1. The van der Waals surface area contributed by atoms with Gasteiger partial charge in [0, 0.05) is 5.02 Å². The van der Waals surface area contributed by atoms with Crippen LogP contribution in [0.2, 0.25) is 15.1 Å². The van der Waals surface area contributed by atoms with Crippen molar-refractivity contribution in [2.24, 2.45) is 0 Å². The van der Waals surface area contributed by atoms with E-state index in [0.29, 0.717) is 16.4 Å². The van der Waals surface area contributed by atoms with Gasteiger partial charge in [-0.1, -0.05) is 40.9 Å². The molecule has 0 aliphatic carbocycles. The van der Waals surface area contributed by atoms with Gasteiger partial charge in [0.15, 0.2) is 0 Å². The molecule has 0 bridgehead atoms. The van der Waals surface area contributed by atoms with Crippen LogP contribution >= 0.6 is 34.8 Å². The quantitative estimate of drug-likeness (QED) is 0.776. The summed E-state index contributed by atoms with van der Waals surface area (Å²) in [7, 11) is -3.72. The minimum atomic E-state index is -3.72. The number of anilines is 2. The van der Waals surface area contributed by atoms with Crippen LogP contribution in [-0.4, -0.2) is 26.6 Å². The molecule has 2 rings (SSSR count). The van der Waals surface area contributed by atoms with Gasteiger partial charge in [0.1, 0.15) is 6.04 Å². The fraction of sp³-hybridized carbons (Fsp3) is 0.188. The summed E-state index contributed by atoms with van der Waals surface area (Å²) < 4.78 is 25.4. The lowest BCUT2D eigenvalue weighted by Gasteiger charge is -2.28. The van der Waals surface area contributed by atoms with E-state index in [-0.39, 0.29) is 10.0 Å². The predicted molar refractivity (Wildman–Crippen MR) is 103 cm³/mol. The summed E-state index contributed by atoms with van der Waals surface area (Å²) in [6.07, 6.45) is 1.03. The maximum Gasteiger partial charge on any atom is 0.248 e. The summed E-state index contributed by atoms with van der Waals surface area (Å²) in [5.74, 6) is -0.551. The molecule has 0 saturated carbocycles. The molecule has 2 aromatic rings. The molecule has 25 heavy (non-hydrogen) atoms. The van der Waals surface area contributed by atoms with Crippen molar-refractivity contribution in [3.8, 4) is 0 Å². The fourth-order valence-electron chi connectivity index (χ4n) is 2.23. The Morgan fingerprint density at radius 3 is 2.24 bits per heavy atom. The van der Waals surface area contributed by atoms with Gasteiger partial charge in [0.25, 0.3) is 0 Å². The van der Waals surface area contributed by atoms with Crippen LogP contribution < -0.4 is 9.62 Å². The van der Waals surface area contributed by atoms with Crippen molar-refractivity contribution in [1.82, 2.24) is 0 Å². The molecule has 0 aliphatic heterocycles. The van der Waals surface area contributed by atoms with Crippen molar-refractivity contribution >= 4 is 62.1 Å². The van der Waals surface area contributed by atoms with Gasteiger partial charge >= 0.3 is 0 Å². The van der Waals surface area contributed by atoms with Crippen LogP contribution in [0.1, 0.15) is 6.92 Å². The lowest BCUT2D eigenvalue weighted by molar-refractivity contribution is -0.116. The largest absolute Gasteiger partial charge is 0.323 e. The SMILES string of the molecule is CC(C(=O)Nc1cccc(Cl)c1Cl)N(c1ccc(Cl)cc1)S(C)(=O)=O. The molecule has 0 aromatic heterocycles. The molecular formula is C16H15Cl3N2O3S. The number of sulfonamides is 1. The monoisotopic (exact) mass is 420 g/mol. The predicted octanol–water partition coefficient (Wildman–Crippen LogP) is 4.44. The molecule has 1 unspecified atom stereocenters. The second-order valence-corrected chi connectivity index (χ2v) is 8.38. The number of carbonyl (C=O) groups is 1. The van der Waals surface area contributed by atoms with Gasteiger partial charge in [0.05, 0.1) is 27.7 Å². The molecule has 0 heterocycles. The highest BCUT2D eigenvalue weighted by Gasteiger charge is 2.29. The molecule has 5 nitrogen and oxygen atoms in total. The first-order valence-corrected chi connectivity index (χ1v) is 10.1. The minimum absolute atomic E-state index is 0.183. The van der Waals surface area contributed by atoms with Gasteiger partial charge in [-0.15, -0.1) is 0 Å². The molecule has 0 aliphatic rings. The van der Waals surface area contributed by atoms with Crippen LogP contribution in [-0.2, 0) is 14.8 Å². The molecule has 0 saturated heterocycles. The van der Waals surface area contributed by atoms with Crippen LogP contribution in [0.25, 0.3) is 0 Å². The average molecular weight is 422 g/mol. The topological polar surface area (TPSA) is 66.5 Å². The maximum absolute atomic E-state index is 12.6. The van der Waals surface area contributed by atoms with Crippen LogP contribution in [0.15, 0.2) is 42.5 Å². The smallest absolute Gasteiger partial charge is 0.248 e. The number of benzene rings is 2. The fourth-order valence-corrected chi connectivity index (χ4v) is 3.88. The van der Waals surface area contributed by atoms with E-state index in [1.165, 1.54) is 19.1 Å². The Balaban J connectivity index is 2.33. The second-order valence-electron chi connectivity index (χ2n) is 5.30. The van der Waals surface area contributed by atoms with E-state index >= 15 is 0 Å². The highest BCUT2D eigenvalue weighted by Crippen LogP contribution is 2.30. The third kappa shape index (κ3) is 4.79. The molecule has 0 radical (unpaired) electrons. The Labute approximate surface area is 161 Å². The molecule has 0 spiro atoms. The summed E-state index contributed by atoms with van der Waals surface area (Å²) in [5.41, 5.74) is 0.627. The van der Waals surface area contributed by atoms with E-state index in [0.717, 1.165) is 10.6 Å². The van der Waals surface area contributed by atoms with E-state index in [9.17, 15) is 13.2 Å². The number of halogens is 3. The van der Waals surface area contributed by atoms with E-state index in [1.54, 1.807) is 30.3 Å². The van der Waals surface area contributed by atoms with Gasteiger partial charge in [-0.3, -0.25) is 9.10 Å². The van der Waals surface area contributed by atoms with Crippen LogP contribution in [0, 0.1) is 0 Å². The van der Waals surface area contributed by atoms with Crippen LogP contribution in [0.4, 0.5) is 11.4 Å². The van der Waals surface area contributed by atoms with E-state index in [4.69, 9.17) is 34.8 Å². The first kappa shape index (κ1) is 19.8. The normalized spacial score (nSPS) is 12.5. The van der Waals surface area contributed by atoms with Crippen molar-refractivity contribution in [3.63, 3.8) is 0 Å². The van der Waals surface area contributed by atoms with Crippen molar-refractivity contribution in [3.05, 3.63) is 57.5 Å². The zero-order chi connectivity index (χ0) is 18.8. The van der Waals surface area contributed by atoms with Crippen LogP contribution in [0.5, 0.6) is 0 Å². The highest BCUT2D eigenvalue weighted by atomic mass is 35.5. The van der Waals surface area contributed by atoms with Gasteiger partial charge in [-0.25, -0.2) is 8.42 Å². The standard InChI is InChI=1S/C16H15Cl3N2O3S/c1-10(16(22)20-14-5-3-4-13(18)15(14)19)21(25(2,23)24)12-8-6-11(17)7-9-12/h3-10H,1-2H3,(H,20,22). The summed E-state index contributed by atoms with van der Waals surface area (Å²) in [6, 6.07) is 9.92. The van der Waals surface area contributed by atoms with E-state index in [1.807, 2.05) is 0 Å². The molecule has 0 fully saturated rings. The molecule has 1 amide bonds. The highest BCUT2D eigenvalue weighted by molar-refractivity contribution is 7.92. The lowest BCUT2D eigenvalue weighted by Crippen LogP contribution is -2.45. The average Bonchev–Trinajstić information content (AvgIpc) is 2.52. The number of rotatable bonds is 5. The second kappa shape index (κ2) is 7.83. The summed E-state index contributed by atoms with van der Waals surface area (Å²) in [5, 5.41) is 3.52. The summed E-state index contributed by atoms with van der Waals surface area (Å²) in [4.78, 5) is 12.6. The van der Waals surface area contributed by atoms with Gasteiger partial charge < -0.3 is 5.32 Å². The Bertz CT molecular complexity index is 886. The van der Waals surface area contributed by atoms with Gasteiger partial charge in [0.2, 0.25) is 15.9 Å². The Morgan fingerprint density at radius 1 is 1.08 bits per heavy atom. The van der Waals surface area contributed by atoms with Gasteiger partial charge in [-0.2, -0.15) is 0 Å². The summed E-state index contributed by atoms with van der Waals surface area (Å²) in [6.45, 7) is 1.48. The number of amides is 1. The van der Waals surface area contributed by atoms with Crippen LogP contribution in [0.3, 0.4) is 0 Å². The minimum Gasteiger partial charge on any atom is -0.323 e. The van der Waals surface area contributed by atoms with Crippen molar-refractivity contribution in [2.75, 3.05) is 15.9 Å². The Kier molecular flexibility index (Phi) is 6.21. The first-order valence-electron chi connectivity index (χ1n) is 7.11. The molecule has 9 heteroatoms. The number of hydrogen-bond donors (Lipinski definition) is 1. The molecule has 1 N–H and O–H groups in total. The number of hydrogen-bond acceptors (Lipinski definition) is 3. The van der Waals surface area contributed by atoms with Crippen molar-refractivity contribution in [2.45, 2.75) is 13.0 Å². The molecular weight excluding hydrogens is 407 g/mol. The number of nitrogens with one attached hydrogen (secondary N) is 1. The van der Waals surface area contributed by atoms with Crippen molar-refractivity contribution in [1.29, 1.82) is 0 Å². The van der Waals surface area contributed by atoms with Gasteiger partial charge in [-0.05, 0) is 43.3 Å². The maximum atomic E-state index is 12.6. The zero-order valence-electron chi connectivity index (χ0n) is 13.3. The van der Waals surface area contributed by atoms with Crippen molar-refractivity contribution < 1.29 is 13.2 Å². The number of carbonyl (C=O) groups excluding carboxylic acids is 1. The molecule has 1 atom stereocenters. The Morgan fingerprint density at radius 2 is 1.68 bits per heavy atom. The summed E-state index contributed by atoms with van der Waals surface area (Å²) >= 11 is 17.8. The first-order chi connectivity index (χ1) is 11.6. The van der Waals surface area contributed by atoms with E-state index < -0.39 is 22.0 Å². The third-order valence-electron chi connectivity index (χ3n) is 3.38. The third-order valence-corrected chi connectivity index (χ3v) is 5.69. The van der Waals surface area contributed by atoms with E-state index in [2.05, 4.69) is 5.32 Å². The zero-order valence-corrected chi connectivity index (χ0v) is 16.4. The Hall–Kier alpha value is -1.47.